The molecule has 4 heteroatoms. The van der Waals surface area contributed by atoms with Crippen LogP contribution in [0, 0.1) is 0 Å². The van der Waals surface area contributed by atoms with E-state index in [1.165, 1.54) is 19.3 Å². The largest absolute Gasteiger partial charge is 0.355 e. The van der Waals surface area contributed by atoms with Crippen LogP contribution in [0.4, 0.5) is 0 Å². The molecule has 0 radical (unpaired) electrons. The Balaban J connectivity index is 2.27. The lowest BCUT2D eigenvalue weighted by Gasteiger charge is -2.11. The van der Waals surface area contributed by atoms with Crippen LogP contribution in [-0.2, 0) is 4.79 Å². The van der Waals surface area contributed by atoms with Gasteiger partial charge in [-0.2, -0.15) is 0 Å². The molecule has 0 aromatic heterocycles. The molecule has 4 nitrogen and oxygen atoms in total. The molecule has 1 aliphatic heterocycles. The smallest absolute Gasteiger partial charge is 0.236 e. The molecule has 0 spiro atoms. The Morgan fingerprint density at radius 3 is 2.47 bits per heavy atom. The van der Waals surface area contributed by atoms with E-state index in [2.05, 4.69) is 10.6 Å². The molecule has 1 saturated heterocycles. The third-order valence-corrected chi connectivity index (χ3v) is 2.79. The van der Waals surface area contributed by atoms with Crippen LogP contribution < -0.4 is 16.4 Å². The summed E-state index contributed by atoms with van der Waals surface area (Å²) in [6.07, 6.45) is 6.50. The Labute approximate surface area is 92.0 Å². The van der Waals surface area contributed by atoms with E-state index >= 15 is 0 Å². The predicted octanol–water partition coefficient (Wildman–Crippen LogP) is 0.374. The number of carbonyl (C=O) groups excluding carboxylic acids is 1. The molecule has 4 N–H and O–H groups in total. The number of amides is 1. The molecule has 88 valence electrons. The Morgan fingerprint density at radius 2 is 1.67 bits per heavy atom. The fourth-order valence-corrected chi connectivity index (χ4v) is 1.77. The monoisotopic (exact) mass is 213 g/mol. The van der Waals surface area contributed by atoms with E-state index in [0.29, 0.717) is 0 Å². The summed E-state index contributed by atoms with van der Waals surface area (Å²) in [4.78, 5) is 11.5. The van der Waals surface area contributed by atoms with Crippen molar-refractivity contribution in [3.8, 4) is 0 Å². The first-order chi connectivity index (χ1) is 7.30. The molecule has 1 fully saturated rings. The maximum absolute atomic E-state index is 11.5. The zero-order chi connectivity index (χ0) is 10.9. The first-order valence-electron chi connectivity index (χ1n) is 6.05. The van der Waals surface area contributed by atoms with Gasteiger partial charge in [0.05, 0.1) is 6.04 Å². The Morgan fingerprint density at radius 1 is 1.00 bits per heavy atom. The van der Waals surface area contributed by atoms with E-state index in [1.54, 1.807) is 0 Å². The minimum Gasteiger partial charge on any atom is -0.355 e. The van der Waals surface area contributed by atoms with Crippen LogP contribution in [0.3, 0.4) is 0 Å². The molecule has 1 amide bonds. The second-order valence-corrected chi connectivity index (χ2v) is 4.20. The first kappa shape index (κ1) is 12.5. The van der Waals surface area contributed by atoms with Crippen LogP contribution >= 0.6 is 0 Å². The second kappa shape index (κ2) is 7.65. The SMILES string of the molecule is N[C@H]1CCCNCCCCCCNC1=O. The molecule has 0 saturated carbocycles. The Hall–Kier alpha value is -0.610. The summed E-state index contributed by atoms with van der Waals surface area (Å²) >= 11 is 0. The number of rotatable bonds is 0. The molecule has 1 heterocycles. The predicted molar refractivity (Wildman–Crippen MR) is 61.6 cm³/mol. The molecular formula is C11H23N3O. The topological polar surface area (TPSA) is 67.2 Å². The average Bonchev–Trinajstić information content (AvgIpc) is 2.25. The van der Waals surface area contributed by atoms with Gasteiger partial charge in [0, 0.05) is 6.54 Å². The number of nitrogens with two attached hydrogens (primary N) is 1. The van der Waals surface area contributed by atoms with E-state index in [0.717, 1.165) is 38.9 Å². The van der Waals surface area contributed by atoms with Crippen LogP contribution in [0.1, 0.15) is 38.5 Å². The summed E-state index contributed by atoms with van der Waals surface area (Å²) in [5, 5.41) is 6.26. The lowest BCUT2D eigenvalue weighted by atomic mass is 10.1. The highest BCUT2D eigenvalue weighted by atomic mass is 16.2. The van der Waals surface area contributed by atoms with Gasteiger partial charge in [0.15, 0.2) is 0 Å². The molecule has 1 aliphatic rings. The number of hydrogen-bond acceptors (Lipinski definition) is 3. The second-order valence-electron chi connectivity index (χ2n) is 4.20. The maximum atomic E-state index is 11.5. The van der Waals surface area contributed by atoms with E-state index in [9.17, 15) is 4.79 Å². The van der Waals surface area contributed by atoms with Crippen molar-refractivity contribution in [2.24, 2.45) is 5.73 Å². The van der Waals surface area contributed by atoms with Crippen molar-refractivity contribution >= 4 is 5.91 Å². The van der Waals surface area contributed by atoms with Crippen LogP contribution in [0.5, 0.6) is 0 Å². The van der Waals surface area contributed by atoms with E-state index in [4.69, 9.17) is 5.73 Å². The van der Waals surface area contributed by atoms with Gasteiger partial charge in [-0.1, -0.05) is 12.8 Å². The van der Waals surface area contributed by atoms with Crippen molar-refractivity contribution in [1.29, 1.82) is 0 Å². The highest BCUT2D eigenvalue weighted by Gasteiger charge is 2.11. The third-order valence-electron chi connectivity index (χ3n) is 2.79. The van der Waals surface area contributed by atoms with Gasteiger partial charge in [-0.15, -0.1) is 0 Å². The van der Waals surface area contributed by atoms with Crippen molar-refractivity contribution in [3.63, 3.8) is 0 Å². The van der Waals surface area contributed by atoms with Gasteiger partial charge in [0.1, 0.15) is 0 Å². The Kier molecular flexibility index (Phi) is 6.36. The summed E-state index contributed by atoms with van der Waals surface area (Å²) in [5.41, 5.74) is 5.76. The maximum Gasteiger partial charge on any atom is 0.236 e. The quantitative estimate of drug-likeness (QED) is 0.545. The summed E-state index contributed by atoms with van der Waals surface area (Å²) in [6, 6.07) is -0.326. The summed E-state index contributed by atoms with van der Waals surface area (Å²) < 4.78 is 0. The fraction of sp³-hybridized carbons (Fsp3) is 0.909. The molecule has 0 aromatic carbocycles. The van der Waals surface area contributed by atoms with E-state index in [-0.39, 0.29) is 11.9 Å². The number of hydrogen-bond donors (Lipinski definition) is 3. The van der Waals surface area contributed by atoms with E-state index < -0.39 is 0 Å². The van der Waals surface area contributed by atoms with Gasteiger partial charge >= 0.3 is 0 Å². The minimum absolute atomic E-state index is 0.00856. The third kappa shape index (κ3) is 5.74. The first-order valence-corrected chi connectivity index (χ1v) is 6.05. The summed E-state index contributed by atoms with van der Waals surface area (Å²) in [5.74, 6) is 0.00856. The van der Waals surface area contributed by atoms with Gasteiger partial charge in [-0.25, -0.2) is 0 Å². The van der Waals surface area contributed by atoms with Crippen molar-refractivity contribution in [2.45, 2.75) is 44.6 Å². The van der Waals surface area contributed by atoms with Crippen molar-refractivity contribution in [2.75, 3.05) is 19.6 Å². The molecule has 15 heavy (non-hydrogen) atoms. The van der Waals surface area contributed by atoms with Crippen molar-refractivity contribution in [3.05, 3.63) is 0 Å². The zero-order valence-corrected chi connectivity index (χ0v) is 9.43. The van der Waals surface area contributed by atoms with Gasteiger partial charge < -0.3 is 16.4 Å². The molecule has 1 rings (SSSR count). The van der Waals surface area contributed by atoms with Gasteiger partial charge in [-0.3, -0.25) is 4.79 Å². The number of nitrogens with one attached hydrogen (secondary N) is 2. The lowest BCUT2D eigenvalue weighted by Crippen LogP contribution is -2.41. The minimum atomic E-state index is -0.326. The molecular weight excluding hydrogens is 190 g/mol. The van der Waals surface area contributed by atoms with Gasteiger partial charge in [-0.05, 0) is 38.8 Å². The molecule has 0 aromatic rings. The van der Waals surface area contributed by atoms with Crippen LogP contribution in [0.25, 0.3) is 0 Å². The van der Waals surface area contributed by atoms with Gasteiger partial charge in [0.25, 0.3) is 0 Å². The van der Waals surface area contributed by atoms with Gasteiger partial charge in [0.2, 0.25) is 5.91 Å². The molecule has 1 atom stereocenters. The highest BCUT2D eigenvalue weighted by Crippen LogP contribution is 2.00. The zero-order valence-electron chi connectivity index (χ0n) is 9.43. The van der Waals surface area contributed by atoms with Crippen molar-refractivity contribution < 1.29 is 4.79 Å². The Bertz CT molecular complexity index is 185. The normalized spacial score (nSPS) is 27.0. The lowest BCUT2D eigenvalue weighted by molar-refractivity contribution is -0.122. The fourth-order valence-electron chi connectivity index (χ4n) is 1.77. The highest BCUT2D eigenvalue weighted by molar-refractivity contribution is 5.81. The summed E-state index contributed by atoms with van der Waals surface area (Å²) in [6.45, 7) is 2.84. The average molecular weight is 213 g/mol. The summed E-state index contributed by atoms with van der Waals surface area (Å²) in [7, 11) is 0. The number of carbonyl (C=O) groups is 1. The molecule has 0 aliphatic carbocycles. The molecule has 0 bridgehead atoms. The van der Waals surface area contributed by atoms with Crippen LogP contribution in [0.2, 0.25) is 0 Å². The van der Waals surface area contributed by atoms with Crippen molar-refractivity contribution in [1.82, 2.24) is 10.6 Å². The van der Waals surface area contributed by atoms with Crippen LogP contribution in [-0.4, -0.2) is 31.6 Å². The molecule has 0 unspecified atom stereocenters. The van der Waals surface area contributed by atoms with Crippen LogP contribution in [0.15, 0.2) is 0 Å². The van der Waals surface area contributed by atoms with E-state index in [1.807, 2.05) is 0 Å². The standard InChI is InChI=1S/C11H23N3O/c12-10-6-5-8-13-7-3-1-2-4-9-14-11(10)15/h10,13H,1-9,12H2,(H,14,15)/t10-/m0/s1.